The molecule has 1 fully saturated rings. The maximum Gasteiger partial charge on any atom is 0.278 e. The molecule has 0 spiro atoms. The molecule has 22 heavy (non-hydrogen) atoms. The van der Waals surface area contributed by atoms with Crippen LogP contribution in [0.3, 0.4) is 0 Å². The van der Waals surface area contributed by atoms with Gasteiger partial charge in [0.05, 0.1) is 0 Å². The molecule has 3 nitrogen and oxygen atoms in total. The summed E-state index contributed by atoms with van der Waals surface area (Å²) < 4.78 is 29.7. The summed E-state index contributed by atoms with van der Waals surface area (Å²) in [6, 6.07) is 4.99. The number of aldehydes is 1. The van der Waals surface area contributed by atoms with Gasteiger partial charge in [0.15, 0.2) is 11.8 Å². The van der Waals surface area contributed by atoms with Crippen LogP contribution >= 0.6 is 15.9 Å². The third kappa shape index (κ3) is 2.64. The monoisotopic (exact) mass is 368 g/mol. The van der Waals surface area contributed by atoms with Crippen molar-refractivity contribution >= 4 is 27.9 Å². The van der Waals surface area contributed by atoms with E-state index >= 15 is 0 Å². The molecule has 0 bridgehead atoms. The summed E-state index contributed by atoms with van der Waals surface area (Å²) in [5, 5.41) is 5.60. The van der Waals surface area contributed by atoms with E-state index in [0.717, 1.165) is 24.2 Å². The molecule has 0 aromatic heterocycles. The van der Waals surface area contributed by atoms with Gasteiger partial charge in [-0.15, -0.1) is 0 Å². The highest BCUT2D eigenvalue weighted by Gasteiger charge is 2.54. The number of carbonyl (C=O) groups excluding carboxylic acids is 1. The summed E-state index contributed by atoms with van der Waals surface area (Å²) in [5.41, 5.74) is -1.03. The highest BCUT2D eigenvalue weighted by atomic mass is 79.9. The van der Waals surface area contributed by atoms with Gasteiger partial charge in [-0.1, -0.05) is 33.8 Å². The number of fused-ring (bicyclic) bond motifs is 1. The minimum atomic E-state index is -3.15. The molecule has 1 aromatic rings. The van der Waals surface area contributed by atoms with Crippen LogP contribution in [0.1, 0.15) is 25.3 Å². The van der Waals surface area contributed by atoms with Gasteiger partial charge < -0.3 is 5.32 Å². The zero-order valence-electron chi connectivity index (χ0n) is 11.9. The Balaban J connectivity index is 2.19. The van der Waals surface area contributed by atoms with Gasteiger partial charge in [0.2, 0.25) is 0 Å². The molecule has 6 heteroatoms. The lowest BCUT2D eigenvalue weighted by atomic mass is 9.81. The zero-order chi connectivity index (χ0) is 16.0. The Hall–Kier alpha value is -1.45. The summed E-state index contributed by atoms with van der Waals surface area (Å²) in [6.45, 7) is 0.834. The smallest absolute Gasteiger partial charge is 0.278 e. The zero-order valence-corrected chi connectivity index (χ0v) is 13.5. The molecule has 1 aromatic carbocycles. The fourth-order valence-electron chi connectivity index (χ4n) is 2.56. The second kappa shape index (κ2) is 5.32. The molecule has 1 aliphatic carbocycles. The average molecular weight is 369 g/mol. The van der Waals surface area contributed by atoms with Gasteiger partial charge in [-0.05, 0) is 25.0 Å². The molecule has 0 amide bonds. The molecule has 1 aliphatic heterocycles. The van der Waals surface area contributed by atoms with Crippen LogP contribution < -0.4 is 10.6 Å². The van der Waals surface area contributed by atoms with Crippen LogP contribution in [0, 0.1) is 17.8 Å². The Labute approximate surface area is 136 Å². The molecule has 3 rings (SSSR count). The van der Waals surface area contributed by atoms with Crippen LogP contribution in [0.5, 0.6) is 0 Å². The Morgan fingerprint density at radius 3 is 2.77 bits per heavy atom. The number of nitrogens with one attached hydrogen (secondary N) is 2. The van der Waals surface area contributed by atoms with Crippen LogP contribution in [0.15, 0.2) is 22.7 Å². The summed E-state index contributed by atoms with van der Waals surface area (Å²) in [6.07, 6.45) is 1.55. The average Bonchev–Trinajstić information content (AvgIpc) is 3.26. The first-order chi connectivity index (χ1) is 10.4. The number of alkyl halides is 2. The van der Waals surface area contributed by atoms with E-state index in [1.54, 1.807) is 18.2 Å². The van der Waals surface area contributed by atoms with Gasteiger partial charge in [-0.25, -0.2) is 8.78 Å². The van der Waals surface area contributed by atoms with Gasteiger partial charge >= 0.3 is 0 Å². The number of benzene rings is 1. The fraction of sp³-hybridized carbons (Fsp3) is 0.438. The van der Waals surface area contributed by atoms with Crippen molar-refractivity contribution in [3.05, 3.63) is 28.2 Å². The van der Waals surface area contributed by atoms with E-state index < -0.39 is 17.6 Å². The van der Waals surface area contributed by atoms with Crippen molar-refractivity contribution in [1.82, 2.24) is 5.32 Å². The van der Waals surface area contributed by atoms with Gasteiger partial charge in [-0.2, -0.15) is 0 Å². The predicted molar refractivity (Wildman–Crippen MR) is 83.6 cm³/mol. The van der Waals surface area contributed by atoms with Crippen LogP contribution in [0.25, 0.3) is 0 Å². The number of hydrogen-bond donors (Lipinski definition) is 2. The fourth-order valence-corrected chi connectivity index (χ4v) is 2.92. The van der Waals surface area contributed by atoms with Crippen molar-refractivity contribution in [2.45, 2.75) is 37.4 Å². The molecule has 2 aliphatic rings. The molecule has 1 saturated carbocycles. The minimum absolute atomic E-state index is 0.185. The Kier molecular flexibility index (Phi) is 3.74. The highest BCUT2D eigenvalue weighted by molar-refractivity contribution is 9.10. The molecule has 2 N–H and O–H groups in total. The molecule has 116 valence electrons. The summed E-state index contributed by atoms with van der Waals surface area (Å²) >= 11 is 3.32. The van der Waals surface area contributed by atoms with E-state index in [4.69, 9.17) is 0 Å². The number of carbonyl (C=O) groups is 1. The first-order valence-electron chi connectivity index (χ1n) is 7.06. The van der Waals surface area contributed by atoms with Crippen LogP contribution in [0.2, 0.25) is 0 Å². The van der Waals surface area contributed by atoms with Crippen LogP contribution in [-0.4, -0.2) is 18.4 Å². The molecule has 2 atom stereocenters. The van der Waals surface area contributed by atoms with Crippen molar-refractivity contribution in [1.29, 1.82) is 0 Å². The highest BCUT2D eigenvalue weighted by Crippen LogP contribution is 2.44. The predicted octanol–water partition coefficient (Wildman–Crippen LogP) is 3.25. The lowest BCUT2D eigenvalue weighted by molar-refractivity contribution is -0.111. The van der Waals surface area contributed by atoms with E-state index in [2.05, 4.69) is 38.4 Å². The van der Waals surface area contributed by atoms with Gasteiger partial charge in [0, 0.05) is 28.6 Å². The van der Waals surface area contributed by atoms with Crippen molar-refractivity contribution < 1.29 is 13.6 Å². The normalized spacial score (nSPS) is 27.2. The quantitative estimate of drug-likeness (QED) is 0.621. The van der Waals surface area contributed by atoms with Crippen molar-refractivity contribution in [2.24, 2.45) is 5.92 Å². The number of anilines is 1. The Morgan fingerprint density at radius 2 is 2.18 bits per heavy atom. The molecular formula is C16H15BrF2N2O. The first kappa shape index (κ1) is 15.4. The summed E-state index contributed by atoms with van der Waals surface area (Å²) in [4.78, 5) is 11.2. The maximum atomic E-state index is 14.5. The SMILES string of the molecule is CC(F)(F)[C@@]1(C#CC2CC2)NC(C=O)Nc2cc(Br)ccc21. The lowest BCUT2D eigenvalue weighted by Gasteiger charge is -2.42. The second-order valence-electron chi connectivity index (χ2n) is 5.77. The summed E-state index contributed by atoms with van der Waals surface area (Å²) in [7, 11) is 0. The lowest BCUT2D eigenvalue weighted by Crippen LogP contribution is -2.62. The molecule has 1 heterocycles. The number of halogens is 3. The number of rotatable bonds is 2. The third-order valence-electron chi connectivity index (χ3n) is 3.90. The van der Waals surface area contributed by atoms with Crippen LogP contribution in [-0.2, 0) is 10.3 Å². The van der Waals surface area contributed by atoms with E-state index in [1.165, 1.54) is 0 Å². The molecule has 1 unspecified atom stereocenters. The largest absolute Gasteiger partial charge is 0.363 e. The third-order valence-corrected chi connectivity index (χ3v) is 4.40. The maximum absolute atomic E-state index is 14.5. The van der Waals surface area contributed by atoms with Crippen molar-refractivity contribution in [3.63, 3.8) is 0 Å². The van der Waals surface area contributed by atoms with E-state index in [-0.39, 0.29) is 5.92 Å². The second-order valence-corrected chi connectivity index (χ2v) is 6.69. The van der Waals surface area contributed by atoms with Crippen LogP contribution in [0.4, 0.5) is 14.5 Å². The summed E-state index contributed by atoms with van der Waals surface area (Å²) in [5.74, 6) is 2.71. The Bertz CT molecular complexity index is 673. The van der Waals surface area contributed by atoms with E-state index in [9.17, 15) is 13.6 Å². The van der Waals surface area contributed by atoms with Gasteiger partial charge in [0.25, 0.3) is 5.92 Å². The molecule has 0 saturated heterocycles. The standard InChI is InChI=1S/C16H15BrF2N2O/c1-15(18,19)16(7-6-10-2-3-10)12-5-4-11(17)8-13(12)20-14(9-22)21-16/h4-5,8-10,14,20-21H,2-3H2,1H3/t14?,16-/m0/s1. The number of hydrogen-bond acceptors (Lipinski definition) is 3. The van der Waals surface area contributed by atoms with Gasteiger partial charge in [-0.3, -0.25) is 10.1 Å². The molecule has 0 radical (unpaired) electrons. The first-order valence-corrected chi connectivity index (χ1v) is 7.85. The molecular weight excluding hydrogens is 354 g/mol. The van der Waals surface area contributed by atoms with E-state index in [0.29, 0.717) is 17.5 Å². The van der Waals surface area contributed by atoms with Crippen molar-refractivity contribution in [2.75, 3.05) is 5.32 Å². The van der Waals surface area contributed by atoms with Gasteiger partial charge in [0.1, 0.15) is 6.17 Å². The topological polar surface area (TPSA) is 41.1 Å². The van der Waals surface area contributed by atoms with Crippen molar-refractivity contribution in [3.8, 4) is 11.8 Å². The Morgan fingerprint density at radius 1 is 1.45 bits per heavy atom. The minimum Gasteiger partial charge on any atom is -0.363 e. The van der Waals surface area contributed by atoms with E-state index in [1.807, 2.05) is 0 Å².